The Kier molecular flexibility index (Phi) is 6.93. The molecule has 0 aliphatic heterocycles. The van der Waals surface area contributed by atoms with Crippen LogP contribution in [0.5, 0.6) is 5.75 Å². The number of non-ortho nitro benzene ring substituents is 1. The number of hydrogen-bond donors (Lipinski definition) is 2. The van der Waals surface area contributed by atoms with Crippen molar-refractivity contribution in [3.8, 4) is 17.0 Å². The van der Waals surface area contributed by atoms with Crippen molar-refractivity contribution in [2.24, 2.45) is 0 Å². The third kappa shape index (κ3) is 5.86. The van der Waals surface area contributed by atoms with E-state index in [1.807, 2.05) is 0 Å². The summed E-state index contributed by atoms with van der Waals surface area (Å²) in [5, 5.41) is 18.5. The van der Waals surface area contributed by atoms with Gasteiger partial charge in [-0.05, 0) is 17.7 Å². The van der Waals surface area contributed by atoms with Crippen molar-refractivity contribution in [3.63, 3.8) is 0 Å². The Morgan fingerprint density at radius 3 is 2.61 bits per heavy atom. The van der Waals surface area contributed by atoms with Crippen molar-refractivity contribution in [2.75, 3.05) is 12.4 Å². The molecule has 1 unspecified atom stereocenters. The summed E-state index contributed by atoms with van der Waals surface area (Å²) in [6, 6.07) is 12.7. The van der Waals surface area contributed by atoms with E-state index in [9.17, 15) is 19.7 Å². The first-order chi connectivity index (χ1) is 14.9. The maximum absolute atomic E-state index is 12.6. The Morgan fingerprint density at radius 2 is 1.97 bits per heavy atom. The van der Waals surface area contributed by atoms with E-state index in [-0.39, 0.29) is 23.9 Å². The number of nitrogens with zero attached hydrogens (tertiary/aromatic N) is 2. The second-order valence-corrected chi connectivity index (χ2v) is 7.48. The van der Waals surface area contributed by atoms with Gasteiger partial charge in [-0.15, -0.1) is 11.3 Å². The smallest absolute Gasteiger partial charge is 0.270 e. The lowest BCUT2D eigenvalue weighted by atomic mass is 10.0. The molecule has 2 N–H and O–H groups in total. The number of ether oxygens (including phenoxy) is 1. The Labute approximate surface area is 182 Å². The maximum Gasteiger partial charge on any atom is 0.270 e. The van der Waals surface area contributed by atoms with Gasteiger partial charge in [0, 0.05) is 30.0 Å². The van der Waals surface area contributed by atoms with E-state index >= 15 is 0 Å². The van der Waals surface area contributed by atoms with E-state index in [1.165, 1.54) is 30.4 Å². The van der Waals surface area contributed by atoms with E-state index in [2.05, 4.69) is 15.6 Å². The van der Waals surface area contributed by atoms with Crippen LogP contribution in [0.2, 0.25) is 0 Å². The fourth-order valence-electron chi connectivity index (χ4n) is 2.93. The molecule has 1 aromatic heterocycles. The predicted molar refractivity (Wildman–Crippen MR) is 117 cm³/mol. The van der Waals surface area contributed by atoms with E-state index in [1.54, 1.807) is 48.9 Å². The predicted octanol–water partition coefficient (Wildman–Crippen LogP) is 3.93. The first-order valence-electron chi connectivity index (χ1n) is 9.27. The first kappa shape index (κ1) is 21.9. The SMILES string of the molecule is COc1ccc(C(CC(=O)Nc2nc(-c3cccc([N+](=O)[O-])c3)cs2)NC(C)=O)cc1. The summed E-state index contributed by atoms with van der Waals surface area (Å²) in [6.45, 7) is 1.39. The van der Waals surface area contributed by atoms with E-state index in [0.29, 0.717) is 22.1 Å². The van der Waals surface area contributed by atoms with E-state index in [4.69, 9.17) is 4.74 Å². The second kappa shape index (κ2) is 9.81. The number of aromatic nitrogens is 1. The molecule has 1 atom stereocenters. The lowest BCUT2D eigenvalue weighted by Gasteiger charge is -2.18. The van der Waals surface area contributed by atoms with Gasteiger partial charge in [-0.3, -0.25) is 19.7 Å². The number of nitro groups is 1. The lowest BCUT2D eigenvalue weighted by molar-refractivity contribution is -0.384. The molecule has 1 heterocycles. The van der Waals surface area contributed by atoms with Crippen LogP contribution in [0.15, 0.2) is 53.9 Å². The van der Waals surface area contributed by atoms with Crippen molar-refractivity contribution in [1.29, 1.82) is 0 Å². The number of nitrogens with one attached hydrogen (secondary N) is 2. The number of thiazole rings is 1. The first-order valence-corrected chi connectivity index (χ1v) is 10.1. The summed E-state index contributed by atoms with van der Waals surface area (Å²) in [7, 11) is 1.56. The van der Waals surface area contributed by atoms with Crippen molar-refractivity contribution in [2.45, 2.75) is 19.4 Å². The minimum absolute atomic E-state index is 0.0115. The number of rotatable bonds is 8. The Morgan fingerprint density at radius 1 is 1.23 bits per heavy atom. The lowest BCUT2D eigenvalue weighted by Crippen LogP contribution is -2.29. The highest BCUT2D eigenvalue weighted by Crippen LogP contribution is 2.28. The Balaban J connectivity index is 1.70. The van der Waals surface area contributed by atoms with Gasteiger partial charge in [0.25, 0.3) is 5.69 Å². The molecular formula is C21H20N4O5S. The molecule has 0 spiro atoms. The topological polar surface area (TPSA) is 123 Å². The average molecular weight is 440 g/mol. The number of benzene rings is 2. The van der Waals surface area contributed by atoms with Gasteiger partial charge in [-0.1, -0.05) is 24.3 Å². The largest absolute Gasteiger partial charge is 0.497 e. The van der Waals surface area contributed by atoms with Crippen LogP contribution in [0.25, 0.3) is 11.3 Å². The fraction of sp³-hybridized carbons (Fsp3) is 0.190. The van der Waals surface area contributed by atoms with Gasteiger partial charge in [0.15, 0.2) is 5.13 Å². The van der Waals surface area contributed by atoms with Gasteiger partial charge < -0.3 is 15.4 Å². The monoisotopic (exact) mass is 440 g/mol. The summed E-state index contributed by atoms with van der Waals surface area (Å²) >= 11 is 1.21. The summed E-state index contributed by atoms with van der Waals surface area (Å²) in [4.78, 5) is 39.0. The van der Waals surface area contributed by atoms with Crippen LogP contribution in [-0.4, -0.2) is 28.8 Å². The number of nitro benzene ring substituents is 1. The van der Waals surface area contributed by atoms with Crippen LogP contribution < -0.4 is 15.4 Å². The van der Waals surface area contributed by atoms with Crippen LogP contribution in [0, 0.1) is 10.1 Å². The highest BCUT2D eigenvalue weighted by atomic mass is 32.1. The summed E-state index contributed by atoms with van der Waals surface area (Å²) in [5.74, 6) is 0.0941. The zero-order valence-corrected chi connectivity index (χ0v) is 17.6. The number of hydrogen-bond acceptors (Lipinski definition) is 7. The van der Waals surface area contributed by atoms with Crippen LogP contribution in [0.4, 0.5) is 10.8 Å². The third-order valence-electron chi connectivity index (χ3n) is 4.39. The molecule has 0 fully saturated rings. The molecule has 160 valence electrons. The van der Waals surface area contributed by atoms with Crippen LogP contribution >= 0.6 is 11.3 Å². The molecule has 0 aliphatic carbocycles. The minimum atomic E-state index is -0.514. The zero-order chi connectivity index (χ0) is 22.4. The van der Waals surface area contributed by atoms with Gasteiger partial charge in [0.2, 0.25) is 11.8 Å². The van der Waals surface area contributed by atoms with Crippen molar-refractivity contribution < 1.29 is 19.2 Å². The summed E-state index contributed by atoms with van der Waals surface area (Å²) in [5.41, 5.74) is 1.84. The molecule has 0 saturated heterocycles. The highest BCUT2D eigenvalue weighted by Gasteiger charge is 2.19. The Hall–Kier alpha value is -3.79. The van der Waals surface area contributed by atoms with Gasteiger partial charge in [-0.25, -0.2) is 4.98 Å². The molecule has 10 heteroatoms. The van der Waals surface area contributed by atoms with Gasteiger partial charge >= 0.3 is 0 Å². The molecule has 0 bridgehead atoms. The van der Waals surface area contributed by atoms with Crippen LogP contribution in [-0.2, 0) is 9.59 Å². The molecular weight excluding hydrogens is 420 g/mol. The Bertz CT molecular complexity index is 1100. The minimum Gasteiger partial charge on any atom is -0.497 e. The van der Waals surface area contributed by atoms with Crippen LogP contribution in [0.1, 0.15) is 24.9 Å². The second-order valence-electron chi connectivity index (χ2n) is 6.62. The standard InChI is InChI=1S/C21H20N4O5S/c1-13(26)22-18(14-6-8-17(30-2)9-7-14)11-20(27)24-21-23-19(12-31-21)15-4-3-5-16(10-15)25(28)29/h3-10,12,18H,11H2,1-2H3,(H,22,26)(H,23,24,27). The molecule has 0 aliphatic rings. The molecule has 0 saturated carbocycles. The van der Waals surface area contributed by atoms with Gasteiger partial charge in [0.1, 0.15) is 5.75 Å². The average Bonchev–Trinajstić information content (AvgIpc) is 3.21. The number of amides is 2. The maximum atomic E-state index is 12.6. The van der Waals surface area contributed by atoms with Crippen molar-refractivity contribution in [3.05, 3.63) is 69.6 Å². The molecule has 9 nitrogen and oxygen atoms in total. The number of anilines is 1. The fourth-order valence-corrected chi connectivity index (χ4v) is 3.67. The molecule has 31 heavy (non-hydrogen) atoms. The molecule has 2 amide bonds. The van der Waals surface area contributed by atoms with Crippen molar-refractivity contribution >= 4 is 34.0 Å². The zero-order valence-electron chi connectivity index (χ0n) is 16.8. The molecule has 0 radical (unpaired) electrons. The highest BCUT2D eigenvalue weighted by molar-refractivity contribution is 7.14. The quantitative estimate of drug-likeness (QED) is 0.404. The molecule has 2 aromatic carbocycles. The summed E-state index contributed by atoms with van der Waals surface area (Å²) in [6.07, 6.45) is 0.0115. The normalized spacial score (nSPS) is 11.4. The summed E-state index contributed by atoms with van der Waals surface area (Å²) < 4.78 is 5.14. The number of carbonyl (C=O) groups is 2. The van der Waals surface area contributed by atoms with Gasteiger partial charge in [0.05, 0.1) is 30.2 Å². The number of carbonyl (C=O) groups excluding carboxylic acids is 2. The third-order valence-corrected chi connectivity index (χ3v) is 5.15. The molecule has 3 rings (SSSR count). The van der Waals surface area contributed by atoms with E-state index < -0.39 is 11.0 Å². The van der Waals surface area contributed by atoms with Crippen molar-refractivity contribution in [1.82, 2.24) is 10.3 Å². The number of methoxy groups -OCH3 is 1. The van der Waals surface area contributed by atoms with Crippen LogP contribution in [0.3, 0.4) is 0 Å². The van der Waals surface area contributed by atoms with Gasteiger partial charge in [-0.2, -0.15) is 0 Å². The van der Waals surface area contributed by atoms with E-state index in [0.717, 1.165) is 5.56 Å². The molecule has 3 aromatic rings.